The summed E-state index contributed by atoms with van der Waals surface area (Å²) in [6.07, 6.45) is 4.07. The summed E-state index contributed by atoms with van der Waals surface area (Å²) in [5, 5.41) is 10.9. The van der Waals surface area contributed by atoms with Gasteiger partial charge in [-0.2, -0.15) is 19.0 Å². The van der Waals surface area contributed by atoms with Crippen molar-refractivity contribution in [3.8, 4) is 22.6 Å². The van der Waals surface area contributed by atoms with Crippen LogP contribution in [0.2, 0.25) is 0 Å². The minimum atomic E-state index is -2.91. The molecular formula is C26H23F2N5O2. The molecule has 178 valence electrons. The molecule has 1 fully saturated rings. The van der Waals surface area contributed by atoms with Crippen molar-refractivity contribution >= 4 is 21.9 Å². The van der Waals surface area contributed by atoms with Crippen molar-refractivity contribution in [2.24, 2.45) is 13.0 Å². The third kappa shape index (κ3) is 3.77. The Hall–Kier alpha value is -4.01. The summed E-state index contributed by atoms with van der Waals surface area (Å²) in [7, 11) is 1.89. The van der Waals surface area contributed by atoms with Crippen LogP contribution in [0, 0.1) is 12.8 Å². The van der Waals surface area contributed by atoms with Crippen LogP contribution in [0.3, 0.4) is 0 Å². The minimum absolute atomic E-state index is 0.0354. The zero-order valence-electron chi connectivity index (χ0n) is 19.3. The van der Waals surface area contributed by atoms with Gasteiger partial charge in [-0.1, -0.05) is 6.07 Å². The normalized spacial score (nSPS) is 13.9. The van der Waals surface area contributed by atoms with Gasteiger partial charge in [-0.25, -0.2) is 4.68 Å². The number of pyridine rings is 1. The molecule has 3 aromatic heterocycles. The van der Waals surface area contributed by atoms with Crippen LogP contribution in [-0.2, 0) is 13.6 Å². The van der Waals surface area contributed by atoms with Crippen LogP contribution in [0.25, 0.3) is 38.8 Å². The highest BCUT2D eigenvalue weighted by Crippen LogP contribution is 2.33. The van der Waals surface area contributed by atoms with Crippen molar-refractivity contribution in [2.75, 3.05) is 0 Å². The second-order valence-electron chi connectivity index (χ2n) is 9.06. The van der Waals surface area contributed by atoms with E-state index in [1.54, 1.807) is 22.9 Å². The second-order valence-corrected chi connectivity index (χ2v) is 9.06. The molecule has 1 saturated carbocycles. The minimum Gasteiger partial charge on any atom is -0.435 e. The van der Waals surface area contributed by atoms with Crippen LogP contribution in [0.15, 0.2) is 59.5 Å². The SMILES string of the molecule is Cc1c2cc(-c3cc4cnn(CC5CC5)c4n(-c4ccc(OC(F)F)cc4)c3=O)ccc2nn1C. The molecule has 0 spiro atoms. The number of aromatic nitrogens is 5. The van der Waals surface area contributed by atoms with Gasteiger partial charge in [0.25, 0.3) is 5.56 Å². The molecule has 0 N–H and O–H groups in total. The van der Waals surface area contributed by atoms with Crippen molar-refractivity contribution in [3.63, 3.8) is 0 Å². The second kappa shape index (κ2) is 8.04. The van der Waals surface area contributed by atoms with E-state index in [2.05, 4.69) is 14.9 Å². The van der Waals surface area contributed by atoms with Gasteiger partial charge in [0.1, 0.15) is 11.4 Å². The summed E-state index contributed by atoms with van der Waals surface area (Å²) in [6.45, 7) is -0.189. The molecule has 7 nitrogen and oxygen atoms in total. The van der Waals surface area contributed by atoms with Crippen LogP contribution in [0.1, 0.15) is 18.5 Å². The zero-order valence-corrected chi connectivity index (χ0v) is 19.3. The standard InChI is InChI=1S/C26H23F2N5O2/c1-15-21-11-17(5-10-23(21)30-31(15)2)22-12-18-13-29-32(14-16-3-4-16)24(18)33(25(22)34)19-6-8-20(9-7-19)35-26(27)28/h5-13,16,26H,3-4,14H2,1-2H3. The molecule has 3 heterocycles. The fraction of sp³-hybridized carbons (Fsp3) is 0.269. The topological polar surface area (TPSA) is 66.9 Å². The van der Waals surface area contributed by atoms with E-state index in [9.17, 15) is 13.6 Å². The van der Waals surface area contributed by atoms with E-state index in [0.717, 1.165) is 46.9 Å². The first-order chi connectivity index (χ1) is 16.9. The largest absolute Gasteiger partial charge is 0.435 e. The summed E-state index contributed by atoms with van der Waals surface area (Å²) >= 11 is 0. The predicted molar refractivity (Wildman–Crippen MR) is 129 cm³/mol. The van der Waals surface area contributed by atoms with Crippen LogP contribution >= 0.6 is 0 Å². The van der Waals surface area contributed by atoms with Gasteiger partial charge in [0.05, 0.1) is 17.4 Å². The lowest BCUT2D eigenvalue weighted by atomic mass is 10.0. The molecule has 0 bridgehead atoms. The number of nitrogens with zero attached hydrogens (tertiary/aromatic N) is 5. The molecule has 0 aliphatic heterocycles. The van der Waals surface area contributed by atoms with E-state index in [0.29, 0.717) is 22.8 Å². The summed E-state index contributed by atoms with van der Waals surface area (Å²) in [5.74, 6) is 0.590. The number of ether oxygens (including phenoxy) is 1. The Morgan fingerprint density at radius 1 is 1.11 bits per heavy atom. The summed E-state index contributed by atoms with van der Waals surface area (Å²) < 4.78 is 35.1. The lowest BCUT2D eigenvalue weighted by Gasteiger charge is -2.14. The maximum atomic E-state index is 14.0. The number of rotatable bonds is 6. The van der Waals surface area contributed by atoms with Crippen LogP contribution < -0.4 is 10.3 Å². The Bertz CT molecular complexity index is 1630. The summed E-state index contributed by atoms with van der Waals surface area (Å²) in [6, 6.07) is 13.8. The van der Waals surface area contributed by atoms with Crippen LogP contribution in [-0.4, -0.2) is 30.7 Å². The molecule has 0 amide bonds. The fourth-order valence-electron chi connectivity index (χ4n) is 4.57. The fourth-order valence-corrected chi connectivity index (χ4v) is 4.57. The average Bonchev–Trinajstić information content (AvgIpc) is 3.50. The molecule has 35 heavy (non-hydrogen) atoms. The molecule has 6 rings (SSSR count). The molecule has 0 saturated heterocycles. The average molecular weight is 475 g/mol. The Morgan fingerprint density at radius 2 is 1.89 bits per heavy atom. The van der Waals surface area contributed by atoms with Gasteiger partial charge in [-0.15, -0.1) is 0 Å². The molecule has 5 aromatic rings. The predicted octanol–water partition coefficient (Wildman–Crippen LogP) is 5.06. The number of hydrogen-bond acceptors (Lipinski definition) is 4. The van der Waals surface area contributed by atoms with Gasteiger partial charge in [0.15, 0.2) is 0 Å². The molecule has 0 radical (unpaired) electrons. The third-order valence-electron chi connectivity index (χ3n) is 6.67. The highest BCUT2D eigenvalue weighted by molar-refractivity contribution is 5.89. The third-order valence-corrected chi connectivity index (χ3v) is 6.67. The monoisotopic (exact) mass is 475 g/mol. The molecule has 0 unspecified atom stereocenters. The Kier molecular flexibility index (Phi) is 4.94. The van der Waals surface area contributed by atoms with Crippen molar-refractivity contribution in [1.82, 2.24) is 24.1 Å². The maximum Gasteiger partial charge on any atom is 0.387 e. The maximum absolute atomic E-state index is 14.0. The summed E-state index contributed by atoms with van der Waals surface area (Å²) in [4.78, 5) is 14.0. The first-order valence-electron chi connectivity index (χ1n) is 11.5. The highest BCUT2D eigenvalue weighted by atomic mass is 19.3. The zero-order chi connectivity index (χ0) is 24.3. The van der Waals surface area contributed by atoms with Gasteiger partial charge in [-0.3, -0.25) is 14.0 Å². The van der Waals surface area contributed by atoms with Crippen molar-refractivity contribution in [1.29, 1.82) is 0 Å². The number of benzene rings is 2. The Morgan fingerprint density at radius 3 is 2.60 bits per heavy atom. The lowest BCUT2D eigenvalue weighted by Crippen LogP contribution is -2.22. The van der Waals surface area contributed by atoms with E-state index < -0.39 is 6.61 Å². The number of hydrogen-bond donors (Lipinski definition) is 0. The lowest BCUT2D eigenvalue weighted by molar-refractivity contribution is -0.0498. The van der Waals surface area contributed by atoms with E-state index >= 15 is 0 Å². The molecule has 1 aliphatic rings. The van der Waals surface area contributed by atoms with Gasteiger partial charge in [0, 0.05) is 35.6 Å². The van der Waals surface area contributed by atoms with E-state index in [1.807, 2.05) is 47.6 Å². The number of fused-ring (bicyclic) bond motifs is 2. The van der Waals surface area contributed by atoms with E-state index in [4.69, 9.17) is 0 Å². The van der Waals surface area contributed by atoms with E-state index in [-0.39, 0.29) is 11.3 Å². The Balaban J connectivity index is 1.57. The van der Waals surface area contributed by atoms with Crippen molar-refractivity contribution in [2.45, 2.75) is 32.9 Å². The molecule has 9 heteroatoms. The smallest absolute Gasteiger partial charge is 0.387 e. The van der Waals surface area contributed by atoms with Gasteiger partial charge < -0.3 is 4.74 Å². The number of halogens is 2. The summed E-state index contributed by atoms with van der Waals surface area (Å²) in [5.41, 5.74) is 4.21. The first kappa shape index (κ1) is 21.5. The molecular weight excluding hydrogens is 452 g/mol. The highest BCUT2D eigenvalue weighted by Gasteiger charge is 2.25. The molecule has 0 atom stereocenters. The van der Waals surface area contributed by atoms with Crippen molar-refractivity contribution in [3.05, 3.63) is 70.8 Å². The quantitative estimate of drug-likeness (QED) is 0.344. The number of alkyl halides is 2. The Labute approximate surface area is 199 Å². The van der Waals surface area contributed by atoms with E-state index in [1.165, 1.54) is 12.1 Å². The first-order valence-corrected chi connectivity index (χ1v) is 11.5. The van der Waals surface area contributed by atoms with Crippen molar-refractivity contribution < 1.29 is 13.5 Å². The van der Waals surface area contributed by atoms with Crippen LogP contribution in [0.4, 0.5) is 8.78 Å². The molecule has 1 aliphatic carbocycles. The van der Waals surface area contributed by atoms with Crippen LogP contribution in [0.5, 0.6) is 5.75 Å². The number of aryl methyl sites for hydroxylation is 2. The van der Waals surface area contributed by atoms with Gasteiger partial charge >= 0.3 is 6.61 Å². The molecule has 2 aromatic carbocycles. The van der Waals surface area contributed by atoms with Gasteiger partial charge in [-0.05, 0) is 73.7 Å². The van der Waals surface area contributed by atoms with Gasteiger partial charge in [0.2, 0.25) is 0 Å².